The van der Waals surface area contributed by atoms with Gasteiger partial charge in [0.2, 0.25) is 0 Å². The van der Waals surface area contributed by atoms with E-state index in [0.717, 1.165) is 37.1 Å². The molecule has 1 aromatic rings. The predicted molar refractivity (Wildman–Crippen MR) is 66.9 cm³/mol. The van der Waals surface area contributed by atoms with E-state index < -0.39 is 5.54 Å². The molecule has 0 aliphatic carbocycles. The Morgan fingerprint density at radius 2 is 2.24 bits per heavy atom. The van der Waals surface area contributed by atoms with Gasteiger partial charge in [-0.1, -0.05) is 18.2 Å². The van der Waals surface area contributed by atoms with Crippen LogP contribution in [0.25, 0.3) is 0 Å². The molecule has 1 unspecified atom stereocenters. The van der Waals surface area contributed by atoms with Gasteiger partial charge in [0.1, 0.15) is 17.9 Å². The lowest BCUT2D eigenvalue weighted by molar-refractivity contribution is 0.191. The van der Waals surface area contributed by atoms with Crippen molar-refractivity contribution in [3.63, 3.8) is 0 Å². The van der Waals surface area contributed by atoms with Crippen LogP contribution in [0, 0.1) is 18.3 Å². The van der Waals surface area contributed by atoms with Crippen LogP contribution >= 0.6 is 0 Å². The lowest BCUT2D eigenvalue weighted by Gasteiger charge is -2.31. The minimum absolute atomic E-state index is 0.425. The number of benzene rings is 1. The van der Waals surface area contributed by atoms with Crippen molar-refractivity contribution in [1.82, 2.24) is 5.32 Å². The number of nitrogens with zero attached hydrogens (tertiary/aromatic N) is 1. The Kier molecular flexibility index (Phi) is 3.65. The quantitative estimate of drug-likeness (QED) is 0.867. The summed E-state index contributed by atoms with van der Waals surface area (Å²) in [6.45, 7) is 3.35. The van der Waals surface area contributed by atoms with E-state index in [9.17, 15) is 5.26 Å². The molecule has 90 valence electrons. The van der Waals surface area contributed by atoms with E-state index in [1.165, 1.54) is 0 Å². The Bertz CT molecular complexity index is 416. The van der Waals surface area contributed by atoms with Gasteiger partial charge in [-0.2, -0.15) is 5.26 Å². The van der Waals surface area contributed by atoms with E-state index in [-0.39, 0.29) is 0 Å². The summed E-state index contributed by atoms with van der Waals surface area (Å²) in [5.74, 6) is 0.870. The zero-order valence-corrected chi connectivity index (χ0v) is 10.2. The van der Waals surface area contributed by atoms with Crippen molar-refractivity contribution in [3.05, 3.63) is 29.8 Å². The Hall–Kier alpha value is -1.53. The normalized spacial score (nSPS) is 24.0. The highest BCUT2D eigenvalue weighted by atomic mass is 16.5. The van der Waals surface area contributed by atoms with Crippen LogP contribution in [-0.2, 0) is 0 Å². The van der Waals surface area contributed by atoms with Crippen molar-refractivity contribution in [3.8, 4) is 11.8 Å². The summed E-state index contributed by atoms with van der Waals surface area (Å²) in [6.07, 6.45) is 3.11. The average molecular weight is 230 g/mol. The van der Waals surface area contributed by atoms with Crippen molar-refractivity contribution in [2.24, 2.45) is 0 Å². The van der Waals surface area contributed by atoms with Gasteiger partial charge in [0.25, 0.3) is 0 Å². The molecular weight excluding hydrogens is 212 g/mol. The van der Waals surface area contributed by atoms with Gasteiger partial charge in [0.05, 0.1) is 6.07 Å². The monoisotopic (exact) mass is 230 g/mol. The molecule has 1 heterocycles. The lowest BCUT2D eigenvalue weighted by Crippen LogP contribution is -2.51. The molecule has 3 nitrogen and oxygen atoms in total. The standard InChI is InChI=1S/C14H18N2O/c1-12-6-2-3-7-13(12)17-11-14(10-15)8-4-5-9-16-14/h2-3,6-7,16H,4-5,8-9,11H2,1H3. The highest BCUT2D eigenvalue weighted by Gasteiger charge is 2.32. The second-order valence-corrected chi connectivity index (χ2v) is 4.63. The third kappa shape index (κ3) is 2.78. The maximum Gasteiger partial charge on any atom is 0.141 e. The van der Waals surface area contributed by atoms with Crippen molar-refractivity contribution in [2.45, 2.75) is 31.7 Å². The van der Waals surface area contributed by atoms with Crippen LogP contribution in [0.15, 0.2) is 24.3 Å². The summed E-state index contributed by atoms with van der Waals surface area (Å²) < 4.78 is 5.79. The molecule has 1 aromatic carbocycles. The number of piperidine rings is 1. The number of para-hydroxylation sites is 1. The minimum atomic E-state index is -0.499. The Labute approximate surface area is 102 Å². The van der Waals surface area contributed by atoms with Gasteiger partial charge in [-0.25, -0.2) is 0 Å². The number of nitriles is 1. The number of aryl methyl sites for hydroxylation is 1. The Morgan fingerprint density at radius 1 is 1.41 bits per heavy atom. The molecule has 2 rings (SSSR count). The van der Waals surface area contributed by atoms with Crippen molar-refractivity contribution < 1.29 is 4.74 Å². The first-order valence-corrected chi connectivity index (χ1v) is 6.10. The van der Waals surface area contributed by atoms with Crippen LogP contribution in [0.3, 0.4) is 0 Å². The maximum absolute atomic E-state index is 9.30. The molecule has 0 saturated carbocycles. The largest absolute Gasteiger partial charge is 0.490 e. The van der Waals surface area contributed by atoms with E-state index in [1.807, 2.05) is 31.2 Å². The Balaban J connectivity index is 2.01. The summed E-state index contributed by atoms with van der Waals surface area (Å²) in [5.41, 5.74) is 0.608. The van der Waals surface area contributed by atoms with Crippen molar-refractivity contribution >= 4 is 0 Å². The number of hydrogen-bond donors (Lipinski definition) is 1. The number of nitrogens with one attached hydrogen (secondary N) is 1. The van der Waals surface area contributed by atoms with Gasteiger partial charge in [-0.3, -0.25) is 5.32 Å². The van der Waals surface area contributed by atoms with E-state index >= 15 is 0 Å². The van der Waals surface area contributed by atoms with Crippen LogP contribution < -0.4 is 10.1 Å². The summed E-state index contributed by atoms with van der Waals surface area (Å²) >= 11 is 0. The van der Waals surface area contributed by atoms with Crippen molar-refractivity contribution in [1.29, 1.82) is 5.26 Å². The van der Waals surface area contributed by atoms with E-state index in [0.29, 0.717) is 6.61 Å². The van der Waals surface area contributed by atoms with E-state index in [4.69, 9.17) is 4.74 Å². The topological polar surface area (TPSA) is 45.0 Å². The average Bonchev–Trinajstić information content (AvgIpc) is 2.39. The summed E-state index contributed by atoms with van der Waals surface area (Å²) in [7, 11) is 0. The maximum atomic E-state index is 9.30. The molecule has 0 amide bonds. The molecule has 1 atom stereocenters. The molecule has 1 N–H and O–H groups in total. The first kappa shape index (κ1) is 11.9. The van der Waals surface area contributed by atoms with E-state index in [2.05, 4.69) is 11.4 Å². The molecule has 3 heteroatoms. The highest BCUT2D eigenvalue weighted by Crippen LogP contribution is 2.22. The fraction of sp³-hybridized carbons (Fsp3) is 0.500. The summed E-state index contributed by atoms with van der Waals surface area (Å²) in [5, 5.41) is 12.6. The number of rotatable bonds is 3. The molecule has 0 bridgehead atoms. The van der Waals surface area contributed by atoms with Crippen LogP contribution in [-0.4, -0.2) is 18.7 Å². The third-order valence-corrected chi connectivity index (χ3v) is 3.28. The molecule has 1 aliphatic heterocycles. The molecular formula is C14H18N2O. The van der Waals surface area contributed by atoms with Gasteiger partial charge < -0.3 is 4.74 Å². The number of ether oxygens (including phenoxy) is 1. The predicted octanol–water partition coefficient (Wildman–Crippen LogP) is 2.41. The van der Waals surface area contributed by atoms with Crippen LogP contribution in [0.1, 0.15) is 24.8 Å². The van der Waals surface area contributed by atoms with Crippen LogP contribution in [0.5, 0.6) is 5.75 Å². The van der Waals surface area contributed by atoms with Crippen LogP contribution in [0.4, 0.5) is 0 Å². The first-order valence-electron chi connectivity index (χ1n) is 6.10. The first-order chi connectivity index (χ1) is 8.26. The fourth-order valence-corrected chi connectivity index (χ4v) is 2.14. The lowest BCUT2D eigenvalue weighted by atomic mass is 9.91. The molecule has 0 radical (unpaired) electrons. The molecule has 1 saturated heterocycles. The molecule has 1 aliphatic rings. The zero-order valence-electron chi connectivity index (χ0n) is 10.2. The second-order valence-electron chi connectivity index (χ2n) is 4.63. The SMILES string of the molecule is Cc1ccccc1OCC1(C#N)CCCCN1. The van der Waals surface area contributed by atoms with Gasteiger partial charge >= 0.3 is 0 Å². The molecule has 1 fully saturated rings. The molecule has 17 heavy (non-hydrogen) atoms. The van der Waals surface area contributed by atoms with Crippen molar-refractivity contribution in [2.75, 3.05) is 13.2 Å². The minimum Gasteiger partial charge on any atom is -0.490 e. The van der Waals surface area contributed by atoms with Gasteiger partial charge in [-0.15, -0.1) is 0 Å². The highest BCUT2D eigenvalue weighted by molar-refractivity contribution is 5.32. The summed E-state index contributed by atoms with van der Waals surface area (Å²) in [4.78, 5) is 0. The smallest absolute Gasteiger partial charge is 0.141 e. The second kappa shape index (κ2) is 5.20. The Morgan fingerprint density at radius 3 is 2.88 bits per heavy atom. The molecule has 0 aromatic heterocycles. The van der Waals surface area contributed by atoms with Gasteiger partial charge in [0, 0.05) is 0 Å². The van der Waals surface area contributed by atoms with Gasteiger partial charge in [-0.05, 0) is 44.4 Å². The van der Waals surface area contributed by atoms with Gasteiger partial charge in [0.15, 0.2) is 0 Å². The van der Waals surface area contributed by atoms with E-state index in [1.54, 1.807) is 0 Å². The third-order valence-electron chi connectivity index (χ3n) is 3.28. The number of hydrogen-bond acceptors (Lipinski definition) is 3. The zero-order chi connectivity index (χ0) is 12.1. The molecule has 0 spiro atoms. The summed E-state index contributed by atoms with van der Waals surface area (Å²) in [6, 6.07) is 10.3. The van der Waals surface area contributed by atoms with Crippen LogP contribution in [0.2, 0.25) is 0 Å². The fourth-order valence-electron chi connectivity index (χ4n) is 2.14.